The van der Waals surface area contributed by atoms with Crippen molar-refractivity contribution >= 4 is 64.8 Å². The summed E-state index contributed by atoms with van der Waals surface area (Å²) in [6, 6.07) is 47.0. The van der Waals surface area contributed by atoms with Crippen molar-refractivity contribution in [2.45, 2.75) is 0 Å². The Morgan fingerprint density at radius 1 is 0.538 bits per heavy atom. The van der Waals surface area contributed by atoms with Crippen molar-refractivity contribution in [3.05, 3.63) is 133 Å². The summed E-state index contributed by atoms with van der Waals surface area (Å²) < 4.78 is 8.99. The smallest absolute Gasteiger partial charge is 0.143 e. The van der Waals surface area contributed by atoms with E-state index < -0.39 is 0 Å². The van der Waals surface area contributed by atoms with Crippen molar-refractivity contribution in [1.29, 1.82) is 0 Å². The molecule has 0 radical (unpaired) electrons. The maximum absolute atomic E-state index is 6.40. The zero-order valence-electron chi connectivity index (χ0n) is 21.0. The Hall–Kier alpha value is -4.86. The summed E-state index contributed by atoms with van der Waals surface area (Å²) in [7, 11) is 0. The summed E-state index contributed by atoms with van der Waals surface area (Å²) >= 11 is 1.86. The number of thiophene rings is 1. The Morgan fingerprint density at radius 2 is 1.26 bits per heavy atom. The van der Waals surface area contributed by atoms with E-state index in [1.807, 2.05) is 17.4 Å². The molecule has 3 heteroatoms. The van der Waals surface area contributed by atoms with Gasteiger partial charge < -0.3 is 9.73 Å². The first-order valence-electron chi connectivity index (χ1n) is 13.1. The lowest BCUT2D eigenvalue weighted by Gasteiger charge is -2.12. The van der Waals surface area contributed by atoms with Gasteiger partial charge in [0.1, 0.15) is 11.2 Å². The Labute approximate surface area is 229 Å². The minimum absolute atomic E-state index is 0.893. The summed E-state index contributed by atoms with van der Waals surface area (Å²) in [5.74, 6) is 0. The van der Waals surface area contributed by atoms with Crippen molar-refractivity contribution in [3.8, 4) is 22.3 Å². The van der Waals surface area contributed by atoms with Crippen molar-refractivity contribution in [2.24, 2.45) is 0 Å². The summed E-state index contributed by atoms with van der Waals surface area (Å²) in [5, 5.41) is 8.54. The molecule has 0 aliphatic carbocycles. The van der Waals surface area contributed by atoms with Crippen molar-refractivity contribution in [2.75, 3.05) is 5.32 Å². The highest BCUT2D eigenvalue weighted by Crippen LogP contribution is 2.45. The molecule has 39 heavy (non-hydrogen) atoms. The predicted octanol–water partition coefficient (Wildman–Crippen LogP) is 11.0. The van der Waals surface area contributed by atoms with Crippen LogP contribution >= 0.6 is 11.3 Å². The molecule has 0 aliphatic heterocycles. The van der Waals surface area contributed by atoms with Crippen LogP contribution in [-0.4, -0.2) is 0 Å². The van der Waals surface area contributed by atoms with Gasteiger partial charge in [0, 0.05) is 47.9 Å². The van der Waals surface area contributed by atoms with E-state index in [2.05, 4.69) is 133 Å². The monoisotopic (exact) mass is 517 g/mol. The van der Waals surface area contributed by atoms with Crippen LogP contribution in [0.4, 0.5) is 11.4 Å². The second-order valence-corrected chi connectivity index (χ2v) is 10.9. The quantitative estimate of drug-likeness (QED) is 0.251. The third-order valence-corrected chi connectivity index (χ3v) is 8.68. The number of rotatable bonds is 4. The number of benzene rings is 6. The number of para-hydroxylation sites is 1. The van der Waals surface area contributed by atoms with Gasteiger partial charge in [0.25, 0.3) is 0 Å². The molecule has 0 aliphatic rings. The largest absolute Gasteiger partial charge is 0.455 e. The lowest BCUT2D eigenvalue weighted by molar-refractivity contribution is 0.670. The van der Waals surface area contributed by atoms with Crippen molar-refractivity contribution in [1.82, 2.24) is 0 Å². The van der Waals surface area contributed by atoms with Crippen LogP contribution in [0.1, 0.15) is 0 Å². The Balaban J connectivity index is 1.28. The minimum Gasteiger partial charge on any atom is -0.455 e. The van der Waals surface area contributed by atoms with Crippen LogP contribution in [0.15, 0.2) is 138 Å². The van der Waals surface area contributed by atoms with Crippen LogP contribution in [0, 0.1) is 0 Å². The summed E-state index contributed by atoms with van der Waals surface area (Å²) in [5.41, 5.74) is 8.74. The zero-order valence-corrected chi connectivity index (χ0v) is 21.8. The number of fused-ring (bicyclic) bond motifs is 6. The van der Waals surface area contributed by atoms with E-state index in [9.17, 15) is 0 Å². The number of hydrogen-bond donors (Lipinski definition) is 1. The first-order chi connectivity index (χ1) is 19.3. The molecular weight excluding hydrogens is 494 g/mol. The lowest BCUT2D eigenvalue weighted by Crippen LogP contribution is -1.91. The third kappa shape index (κ3) is 3.63. The second-order valence-electron chi connectivity index (χ2n) is 9.82. The highest BCUT2D eigenvalue weighted by Gasteiger charge is 2.16. The van der Waals surface area contributed by atoms with Gasteiger partial charge >= 0.3 is 0 Å². The van der Waals surface area contributed by atoms with E-state index in [1.165, 1.54) is 31.3 Å². The normalized spacial score (nSPS) is 11.6. The highest BCUT2D eigenvalue weighted by atomic mass is 32.1. The molecule has 0 bridgehead atoms. The van der Waals surface area contributed by atoms with Crippen LogP contribution in [-0.2, 0) is 0 Å². The first kappa shape index (κ1) is 22.2. The zero-order chi connectivity index (χ0) is 25.8. The second kappa shape index (κ2) is 8.87. The van der Waals surface area contributed by atoms with Crippen molar-refractivity contribution < 1.29 is 4.42 Å². The van der Waals surface area contributed by atoms with E-state index in [1.54, 1.807) is 0 Å². The average Bonchev–Trinajstić information content (AvgIpc) is 3.57. The fourth-order valence-corrected chi connectivity index (χ4v) is 6.92. The number of anilines is 2. The Morgan fingerprint density at radius 3 is 2.08 bits per heavy atom. The van der Waals surface area contributed by atoms with Gasteiger partial charge in [-0.1, -0.05) is 103 Å². The van der Waals surface area contributed by atoms with E-state index in [4.69, 9.17) is 4.42 Å². The third-order valence-electron chi connectivity index (χ3n) is 7.47. The molecule has 0 fully saturated rings. The highest BCUT2D eigenvalue weighted by molar-refractivity contribution is 7.26. The average molecular weight is 518 g/mol. The summed E-state index contributed by atoms with van der Waals surface area (Å²) in [6.45, 7) is 0. The lowest BCUT2D eigenvalue weighted by atomic mass is 10.0. The molecule has 8 aromatic rings. The van der Waals surface area contributed by atoms with Gasteiger partial charge in [0.15, 0.2) is 0 Å². The number of nitrogens with one attached hydrogen (secondary N) is 1. The number of hydrogen-bond acceptors (Lipinski definition) is 3. The van der Waals surface area contributed by atoms with E-state index in [0.717, 1.165) is 44.4 Å². The van der Waals surface area contributed by atoms with Gasteiger partial charge in [0.05, 0.1) is 0 Å². The topological polar surface area (TPSA) is 25.2 Å². The fraction of sp³-hybridized carbons (Fsp3) is 0. The summed E-state index contributed by atoms with van der Waals surface area (Å²) in [6.07, 6.45) is 0. The van der Waals surface area contributed by atoms with E-state index in [0.29, 0.717) is 0 Å². The van der Waals surface area contributed by atoms with Gasteiger partial charge in [0.2, 0.25) is 0 Å². The fourth-order valence-electron chi connectivity index (χ4n) is 5.65. The molecule has 2 nitrogen and oxygen atoms in total. The van der Waals surface area contributed by atoms with Crippen LogP contribution in [0.2, 0.25) is 0 Å². The maximum atomic E-state index is 6.40. The predicted molar refractivity (Wildman–Crippen MR) is 167 cm³/mol. The molecule has 0 saturated carbocycles. The molecule has 184 valence electrons. The molecule has 6 aromatic carbocycles. The van der Waals surface area contributed by atoms with Crippen LogP contribution in [0.3, 0.4) is 0 Å². The molecule has 8 rings (SSSR count). The Bertz CT molecular complexity index is 2140. The van der Waals surface area contributed by atoms with E-state index >= 15 is 0 Å². The SMILES string of the molecule is c1ccc(-c2cccc3c2oc2ccc(Nc4ccc(-c5ccccc5)c5sc6ccccc6c45)cc23)cc1. The molecule has 0 unspecified atom stereocenters. The van der Waals surface area contributed by atoms with E-state index in [-0.39, 0.29) is 0 Å². The molecule has 0 atom stereocenters. The molecule has 1 N–H and O–H groups in total. The minimum atomic E-state index is 0.893. The number of furan rings is 1. The van der Waals surface area contributed by atoms with Gasteiger partial charge in [-0.2, -0.15) is 0 Å². The molecule has 0 amide bonds. The van der Waals surface area contributed by atoms with Crippen LogP contribution in [0.25, 0.3) is 64.4 Å². The maximum Gasteiger partial charge on any atom is 0.143 e. The standard InChI is InChI=1S/C36H23NOS/c1-3-10-23(11-4-1)26-15-9-16-28-30-22-25(18-21-32(30)38-35(26)28)37-31-20-19-27(24-12-5-2-6-13-24)36-34(31)29-14-7-8-17-33(29)39-36/h1-22,37H. The van der Waals surface area contributed by atoms with Gasteiger partial charge in [-0.25, -0.2) is 0 Å². The van der Waals surface area contributed by atoms with Crippen molar-refractivity contribution in [3.63, 3.8) is 0 Å². The van der Waals surface area contributed by atoms with Crippen LogP contribution in [0.5, 0.6) is 0 Å². The first-order valence-corrected chi connectivity index (χ1v) is 13.9. The molecule has 0 saturated heterocycles. The Kier molecular flexibility index (Phi) is 5.04. The molecule has 2 aromatic heterocycles. The summed E-state index contributed by atoms with van der Waals surface area (Å²) in [4.78, 5) is 0. The molecular formula is C36H23NOS. The molecule has 2 heterocycles. The van der Waals surface area contributed by atoms with Gasteiger partial charge in [-0.3, -0.25) is 0 Å². The molecule has 0 spiro atoms. The van der Waals surface area contributed by atoms with Crippen LogP contribution < -0.4 is 5.32 Å². The van der Waals surface area contributed by atoms with Gasteiger partial charge in [-0.15, -0.1) is 11.3 Å². The van der Waals surface area contributed by atoms with Gasteiger partial charge in [-0.05, 0) is 47.0 Å².